The zero-order chi connectivity index (χ0) is 17.7. The minimum Gasteiger partial charge on any atom is -0.467 e. The first-order valence-electron chi connectivity index (χ1n) is 7.44. The lowest BCUT2D eigenvalue weighted by Crippen LogP contribution is -2.45. The molecular weight excluding hydrogens is 327 g/mol. The molecule has 1 aromatic rings. The largest absolute Gasteiger partial charge is 0.467 e. The zero-order valence-corrected chi connectivity index (χ0v) is 13.1. The first-order valence-corrected chi connectivity index (χ1v) is 7.44. The van der Waals surface area contributed by atoms with Crippen molar-refractivity contribution in [2.24, 2.45) is 5.92 Å². The average molecular weight is 345 g/mol. The van der Waals surface area contributed by atoms with Crippen LogP contribution in [0.2, 0.25) is 0 Å². The third-order valence-electron chi connectivity index (χ3n) is 3.85. The average Bonchev–Trinajstić information content (AvgIpc) is 3.07. The SMILES string of the molecule is COC(=O)[C@@H](Cc1ccccc1C(F)(F)F)NC(=O)[C@@H]1CCOC1. The molecule has 1 aliphatic rings. The molecule has 1 saturated heterocycles. The Hall–Kier alpha value is -2.09. The van der Waals surface area contributed by atoms with Crippen LogP contribution >= 0.6 is 0 Å². The maximum Gasteiger partial charge on any atom is 0.416 e. The van der Waals surface area contributed by atoms with E-state index in [0.717, 1.165) is 13.2 Å². The lowest BCUT2D eigenvalue weighted by molar-refractivity contribution is -0.146. The van der Waals surface area contributed by atoms with Crippen molar-refractivity contribution in [2.45, 2.75) is 25.1 Å². The van der Waals surface area contributed by atoms with E-state index in [1.54, 1.807) is 0 Å². The summed E-state index contributed by atoms with van der Waals surface area (Å²) in [7, 11) is 1.12. The number of rotatable bonds is 5. The van der Waals surface area contributed by atoms with Gasteiger partial charge >= 0.3 is 12.1 Å². The van der Waals surface area contributed by atoms with E-state index in [1.807, 2.05) is 0 Å². The van der Waals surface area contributed by atoms with Crippen molar-refractivity contribution >= 4 is 11.9 Å². The number of nitrogens with one attached hydrogen (secondary N) is 1. The molecule has 1 aromatic carbocycles. The molecule has 1 heterocycles. The summed E-state index contributed by atoms with van der Waals surface area (Å²) < 4.78 is 48.9. The van der Waals surface area contributed by atoms with Crippen LogP contribution in [0.4, 0.5) is 13.2 Å². The van der Waals surface area contributed by atoms with Crippen molar-refractivity contribution in [3.8, 4) is 0 Å². The molecule has 0 saturated carbocycles. The van der Waals surface area contributed by atoms with E-state index in [0.29, 0.717) is 13.0 Å². The van der Waals surface area contributed by atoms with Crippen molar-refractivity contribution in [1.29, 1.82) is 0 Å². The van der Waals surface area contributed by atoms with Gasteiger partial charge in [-0.3, -0.25) is 4.79 Å². The van der Waals surface area contributed by atoms with E-state index < -0.39 is 35.6 Å². The van der Waals surface area contributed by atoms with Crippen LogP contribution in [0.15, 0.2) is 24.3 Å². The number of hydrogen-bond acceptors (Lipinski definition) is 4. The summed E-state index contributed by atoms with van der Waals surface area (Å²) in [4.78, 5) is 24.0. The smallest absolute Gasteiger partial charge is 0.416 e. The number of alkyl halides is 3. The van der Waals surface area contributed by atoms with Gasteiger partial charge in [0.05, 0.1) is 25.2 Å². The predicted octanol–water partition coefficient (Wildman–Crippen LogP) is 1.94. The Morgan fingerprint density at radius 1 is 1.38 bits per heavy atom. The monoisotopic (exact) mass is 345 g/mol. The number of halogens is 3. The summed E-state index contributed by atoms with van der Waals surface area (Å²) >= 11 is 0. The van der Waals surface area contributed by atoms with Crippen molar-refractivity contribution < 1.29 is 32.2 Å². The molecule has 8 heteroatoms. The van der Waals surface area contributed by atoms with Crippen LogP contribution < -0.4 is 5.32 Å². The molecule has 0 aliphatic carbocycles. The normalized spacial score (nSPS) is 18.9. The summed E-state index contributed by atoms with van der Waals surface area (Å²) in [5.41, 5.74) is -0.916. The first kappa shape index (κ1) is 18.3. The third-order valence-corrected chi connectivity index (χ3v) is 3.85. The highest BCUT2D eigenvalue weighted by molar-refractivity contribution is 5.86. The van der Waals surface area contributed by atoms with Gasteiger partial charge in [-0.05, 0) is 18.1 Å². The predicted molar refractivity (Wildman–Crippen MR) is 78.0 cm³/mol. The van der Waals surface area contributed by atoms with Crippen LogP contribution in [0.3, 0.4) is 0 Å². The number of esters is 1. The fourth-order valence-electron chi connectivity index (χ4n) is 2.56. The van der Waals surface area contributed by atoms with Crippen LogP contribution in [-0.2, 0) is 31.7 Å². The summed E-state index contributed by atoms with van der Waals surface area (Å²) in [6, 6.07) is 3.76. The van der Waals surface area contributed by atoms with E-state index >= 15 is 0 Å². The molecule has 2 atom stereocenters. The van der Waals surface area contributed by atoms with E-state index in [-0.39, 0.29) is 18.6 Å². The lowest BCUT2D eigenvalue weighted by atomic mass is 9.99. The molecule has 1 fully saturated rings. The fraction of sp³-hybridized carbons (Fsp3) is 0.500. The highest BCUT2D eigenvalue weighted by atomic mass is 19.4. The summed E-state index contributed by atoms with van der Waals surface area (Å²) in [5.74, 6) is -1.62. The van der Waals surface area contributed by atoms with Crippen LogP contribution in [0, 0.1) is 5.92 Å². The molecule has 2 rings (SSSR count). The molecule has 0 spiro atoms. The van der Waals surface area contributed by atoms with Gasteiger partial charge in [-0.15, -0.1) is 0 Å². The van der Waals surface area contributed by atoms with Gasteiger partial charge in [0.15, 0.2) is 0 Å². The Morgan fingerprint density at radius 2 is 2.08 bits per heavy atom. The molecule has 0 unspecified atom stereocenters. The molecule has 132 valence electrons. The number of amides is 1. The van der Waals surface area contributed by atoms with E-state index in [1.165, 1.54) is 18.2 Å². The number of benzene rings is 1. The molecule has 24 heavy (non-hydrogen) atoms. The zero-order valence-electron chi connectivity index (χ0n) is 13.1. The number of hydrogen-bond donors (Lipinski definition) is 1. The minimum absolute atomic E-state index is 0.0802. The fourth-order valence-corrected chi connectivity index (χ4v) is 2.56. The van der Waals surface area contributed by atoms with Crippen LogP contribution in [-0.4, -0.2) is 38.2 Å². The van der Waals surface area contributed by atoms with Crippen molar-refractivity contribution in [3.05, 3.63) is 35.4 Å². The van der Waals surface area contributed by atoms with Gasteiger partial charge in [0.1, 0.15) is 6.04 Å². The molecule has 1 amide bonds. The van der Waals surface area contributed by atoms with Gasteiger partial charge < -0.3 is 14.8 Å². The Bertz CT molecular complexity index is 597. The van der Waals surface area contributed by atoms with E-state index in [9.17, 15) is 22.8 Å². The molecule has 0 bridgehead atoms. The van der Waals surface area contributed by atoms with Gasteiger partial charge in [-0.2, -0.15) is 13.2 Å². The Morgan fingerprint density at radius 3 is 2.67 bits per heavy atom. The van der Waals surface area contributed by atoms with Crippen LogP contribution in [0.1, 0.15) is 17.5 Å². The van der Waals surface area contributed by atoms with Gasteiger partial charge in [0, 0.05) is 13.0 Å². The van der Waals surface area contributed by atoms with Crippen molar-refractivity contribution in [2.75, 3.05) is 20.3 Å². The Balaban J connectivity index is 2.18. The standard InChI is InChI=1S/C16H18F3NO4/c1-23-15(22)13(20-14(21)11-6-7-24-9-11)8-10-4-2-3-5-12(10)16(17,18)19/h2-5,11,13H,6-9H2,1H3,(H,20,21)/t11-,13-/m1/s1. The maximum absolute atomic E-state index is 13.1. The number of methoxy groups -OCH3 is 1. The molecule has 5 nitrogen and oxygen atoms in total. The summed E-state index contributed by atoms with van der Waals surface area (Å²) in [5, 5.41) is 2.48. The Labute approximate surface area is 137 Å². The van der Waals surface area contributed by atoms with Crippen molar-refractivity contribution in [1.82, 2.24) is 5.32 Å². The van der Waals surface area contributed by atoms with Gasteiger partial charge in [0.25, 0.3) is 0 Å². The highest BCUT2D eigenvalue weighted by Gasteiger charge is 2.35. The van der Waals surface area contributed by atoms with Gasteiger partial charge in [-0.25, -0.2) is 4.79 Å². The van der Waals surface area contributed by atoms with Gasteiger partial charge in [-0.1, -0.05) is 18.2 Å². The molecule has 1 aliphatic heterocycles. The lowest BCUT2D eigenvalue weighted by Gasteiger charge is -2.20. The van der Waals surface area contributed by atoms with E-state index in [4.69, 9.17) is 4.74 Å². The second kappa shape index (κ2) is 7.65. The second-order valence-electron chi connectivity index (χ2n) is 5.50. The topological polar surface area (TPSA) is 64.6 Å². The Kier molecular flexibility index (Phi) is 5.82. The second-order valence-corrected chi connectivity index (χ2v) is 5.50. The molecule has 0 radical (unpaired) electrons. The summed E-state index contributed by atoms with van der Waals surface area (Å²) in [6.07, 6.45) is -4.33. The van der Waals surface area contributed by atoms with Gasteiger partial charge in [0.2, 0.25) is 5.91 Å². The minimum atomic E-state index is -4.54. The van der Waals surface area contributed by atoms with Crippen LogP contribution in [0.5, 0.6) is 0 Å². The van der Waals surface area contributed by atoms with Crippen LogP contribution in [0.25, 0.3) is 0 Å². The first-order chi connectivity index (χ1) is 11.3. The number of carbonyl (C=O) groups excluding carboxylic acids is 2. The van der Waals surface area contributed by atoms with Crippen molar-refractivity contribution in [3.63, 3.8) is 0 Å². The van der Waals surface area contributed by atoms with E-state index in [2.05, 4.69) is 10.1 Å². The highest BCUT2D eigenvalue weighted by Crippen LogP contribution is 2.32. The number of ether oxygens (including phenoxy) is 2. The maximum atomic E-state index is 13.1. The molecular formula is C16H18F3NO4. The third kappa shape index (κ3) is 4.47. The summed E-state index contributed by atoms with van der Waals surface area (Å²) in [6.45, 7) is 0.677. The molecule has 1 N–H and O–H groups in total. The molecule has 0 aromatic heterocycles. The quantitative estimate of drug-likeness (QED) is 0.829. The number of carbonyl (C=O) groups is 2.